The molecule has 148 valence electrons. The first kappa shape index (κ1) is 18.9. The van der Waals surface area contributed by atoms with Crippen LogP contribution in [0, 0.1) is 0 Å². The number of alkyl halides is 3. The number of thiazole rings is 1. The van der Waals surface area contributed by atoms with E-state index in [1.165, 1.54) is 11.3 Å². The molecule has 2 aromatic carbocycles. The quantitative estimate of drug-likeness (QED) is 0.520. The molecule has 1 N–H and O–H groups in total. The molecule has 2 heterocycles. The summed E-state index contributed by atoms with van der Waals surface area (Å²) in [5.41, 5.74) is 0.933. The molecule has 6 nitrogen and oxygen atoms in total. The summed E-state index contributed by atoms with van der Waals surface area (Å²) in [7, 11) is 1.58. The molecule has 0 saturated carbocycles. The summed E-state index contributed by atoms with van der Waals surface area (Å²) in [5, 5.41) is 8.69. The van der Waals surface area contributed by atoms with Crippen molar-refractivity contribution in [3.63, 3.8) is 0 Å². The van der Waals surface area contributed by atoms with Crippen LogP contribution in [0.25, 0.3) is 16.2 Å². The normalized spacial score (nSPS) is 11.6. The Bertz CT molecular complexity index is 1170. The molecule has 4 rings (SSSR count). The number of ether oxygens (including phenoxy) is 1. The smallest absolute Gasteiger partial charge is 0.416 e. The number of halogens is 3. The first-order valence-electron chi connectivity index (χ1n) is 8.32. The van der Waals surface area contributed by atoms with Gasteiger partial charge in [0.1, 0.15) is 5.75 Å². The second-order valence-corrected chi connectivity index (χ2v) is 6.85. The van der Waals surface area contributed by atoms with Gasteiger partial charge >= 0.3 is 6.18 Å². The van der Waals surface area contributed by atoms with E-state index in [0.717, 1.165) is 41.3 Å². The number of nitrogens with zero attached hydrogens (tertiary/aromatic N) is 3. The van der Waals surface area contributed by atoms with Crippen LogP contribution in [-0.2, 0) is 6.18 Å². The molecular formula is C19H13F3N4O2S. The maximum atomic E-state index is 12.6. The lowest BCUT2D eigenvalue weighted by Crippen LogP contribution is -2.14. The van der Waals surface area contributed by atoms with Crippen molar-refractivity contribution in [1.29, 1.82) is 0 Å². The lowest BCUT2D eigenvalue weighted by Gasteiger charge is -2.07. The number of carbonyl (C=O) groups is 1. The number of nitrogens with one attached hydrogen (secondary N) is 1. The van der Waals surface area contributed by atoms with Gasteiger partial charge in [0.15, 0.2) is 0 Å². The largest absolute Gasteiger partial charge is 0.497 e. The number of carbonyl (C=O) groups excluding carboxylic acids is 1. The van der Waals surface area contributed by atoms with E-state index in [0.29, 0.717) is 4.96 Å². The summed E-state index contributed by atoms with van der Waals surface area (Å²) in [4.78, 5) is 17.1. The van der Waals surface area contributed by atoms with E-state index >= 15 is 0 Å². The molecule has 0 saturated heterocycles. The van der Waals surface area contributed by atoms with Gasteiger partial charge in [0.2, 0.25) is 4.96 Å². The van der Waals surface area contributed by atoms with E-state index in [1.54, 1.807) is 11.6 Å². The second-order valence-electron chi connectivity index (χ2n) is 6.01. The Morgan fingerprint density at radius 1 is 1.10 bits per heavy atom. The average Bonchev–Trinajstić information content (AvgIpc) is 3.27. The van der Waals surface area contributed by atoms with Crippen molar-refractivity contribution in [2.45, 2.75) is 6.18 Å². The highest BCUT2D eigenvalue weighted by molar-refractivity contribution is 7.15. The first-order valence-corrected chi connectivity index (χ1v) is 9.20. The van der Waals surface area contributed by atoms with Crippen LogP contribution in [0.5, 0.6) is 5.75 Å². The first-order chi connectivity index (χ1) is 13.8. The molecule has 0 spiro atoms. The lowest BCUT2D eigenvalue weighted by atomic mass is 10.1. The Hall–Kier alpha value is -3.40. The number of anilines is 1. The number of aromatic nitrogens is 3. The van der Waals surface area contributed by atoms with E-state index in [1.807, 2.05) is 29.6 Å². The molecule has 2 aromatic heterocycles. The zero-order chi connectivity index (χ0) is 20.6. The van der Waals surface area contributed by atoms with Gasteiger partial charge in [-0.1, -0.05) is 0 Å². The maximum Gasteiger partial charge on any atom is 0.416 e. The fourth-order valence-corrected chi connectivity index (χ4v) is 3.51. The van der Waals surface area contributed by atoms with Gasteiger partial charge < -0.3 is 4.74 Å². The molecule has 1 amide bonds. The highest BCUT2D eigenvalue weighted by atomic mass is 32.1. The number of rotatable bonds is 4. The second kappa shape index (κ2) is 7.21. The number of hydrogen-bond acceptors (Lipinski definition) is 5. The molecule has 29 heavy (non-hydrogen) atoms. The molecule has 0 bridgehead atoms. The van der Waals surface area contributed by atoms with Crippen molar-refractivity contribution in [2.24, 2.45) is 0 Å². The van der Waals surface area contributed by atoms with E-state index in [9.17, 15) is 18.0 Å². The van der Waals surface area contributed by atoms with Crippen molar-refractivity contribution < 1.29 is 22.7 Å². The van der Waals surface area contributed by atoms with Crippen LogP contribution in [0.3, 0.4) is 0 Å². The molecular weight excluding hydrogens is 405 g/mol. The summed E-state index contributed by atoms with van der Waals surface area (Å²) in [6, 6.07) is 11.3. The van der Waals surface area contributed by atoms with Gasteiger partial charge in [-0.3, -0.25) is 10.1 Å². The number of amides is 1. The standard InChI is InChI=1S/C19H13F3N4O2S/c1-28-14-8-4-11(5-9-14)15-10-29-18-24-17(25-26(15)18)23-16(27)12-2-6-13(7-3-12)19(20,21)22/h2-10H,1H3,(H,23,25,27). The van der Waals surface area contributed by atoms with E-state index in [-0.39, 0.29) is 11.5 Å². The molecule has 10 heteroatoms. The molecule has 0 fully saturated rings. The molecule has 0 radical (unpaired) electrons. The van der Waals surface area contributed by atoms with E-state index < -0.39 is 17.6 Å². The van der Waals surface area contributed by atoms with Gasteiger partial charge in [-0.2, -0.15) is 18.2 Å². The SMILES string of the molecule is COc1ccc(-c2csc3nc(NC(=O)c4ccc(C(F)(F)F)cc4)nn23)cc1. The van der Waals surface area contributed by atoms with Crippen molar-refractivity contribution >= 4 is 28.2 Å². The minimum absolute atomic E-state index is 0.0662. The van der Waals surface area contributed by atoms with Crippen LogP contribution in [0.2, 0.25) is 0 Å². The molecule has 0 aliphatic rings. The number of methoxy groups -OCH3 is 1. The monoisotopic (exact) mass is 418 g/mol. The zero-order valence-electron chi connectivity index (χ0n) is 14.9. The van der Waals surface area contributed by atoms with Crippen LogP contribution in [-0.4, -0.2) is 27.6 Å². The fourth-order valence-electron chi connectivity index (χ4n) is 2.68. The van der Waals surface area contributed by atoms with Crippen molar-refractivity contribution in [1.82, 2.24) is 14.6 Å². The molecule has 0 atom stereocenters. The van der Waals surface area contributed by atoms with E-state index in [2.05, 4.69) is 15.4 Å². The highest BCUT2D eigenvalue weighted by Crippen LogP contribution is 2.30. The van der Waals surface area contributed by atoms with Gasteiger partial charge in [-0.25, -0.2) is 4.52 Å². The Labute approximate surface area is 166 Å². The summed E-state index contributed by atoms with van der Waals surface area (Å²) in [6.07, 6.45) is -4.46. The predicted octanol–water partition coefficient (Wildman–Crippen LogP) is 4.74. The molecule has 0 aliphatic carbocycles. The van der Waals surface area contributed by atoms with Gasteiger partial charge in [0.25, 0.3) is 11.9 Å². The van der Waals surface area contributed by atoms with Gasteiger partial charge in [0.05, 0.1) is 18.4 Å². The summed E-state index contributed by atoms with van der Waals surface area (Å²) in [6.45, 7) is 0. The minimum atomic E-state index is -4.46. The maximum absolute atomic E-state index is 12.6. The third-order valence-electron chi connectivity index (χ3n) is 4.17. The van der Waals surface area contributed by atoms with Crippen molar-refractivity contribution in [2.75, 3.05) is 12.4 Å². The van der Waals surface area contributed by atoms with E-state index in [4.69, 9.17) is 4.74 Å². The summed E-state index contributed by atoms with van der Waals surface area (Å²) >= 11 is 1.35. The van der Waals surface area contributed by atoms with Crippen LogP contribution in [0.15, 0.2) is 53.9 Å². The number of benzene rings is 2. The van der Waals surface area contributed by atoms with Crippen LogP contribution in [0.1, 0.15) is 15.9 Å². The average molecular weight is 418 g/mol. The molecule has 4 aromatic rings. The predicted molar refractivity (Wildman–Crippen MR) is 102 cm³/mol. The lowest BCUT2D eigenvalue weighted by molar-refractivity contribution is -0.137. The third kappa shape index (κ3) is 3.79. The fraction of sp³-hybridized carbons (Fsp3) is 0.105. The van der Waals surface area contributed by atoms with Crippen LogP contribution < -0.4 is 10.1 Å². The Morgan fingerprint density at radius 2 is 1.79 bits per heavy atom. The third-order valence-corrected chi connectivity index (χ3v) is 4.98. The molecule has 0 aliphatic heterocycles. The number of hydrogen-bond donors (Lipinski definition) is 1. The Morgan fingerprint density at radius 3 is 2.41 bits per heavy atom. The van der Waals surface area contributed by atoms with Crippen molar-refractivity contribution in [3.8, 4) is 17.0 Å². The zero-order valence-corrected chi connectivity index (χ0v) is 15.7. The number of fused-ring (bicyclic) bond motifs is 1. The van der Waals surface area contributed by atoms with Gasteiger partial charge in [-0.15, -0.1) is 16.4 Å². The Balaban J connectivity index is 1.55. The van der Waals surface area contributed by atoms with Gasteiger partial charge in [-0.05, 0) is 48.5 Å². The topological polar surface area (TPSA) is 68.5 Å². The van der Waals surface area contributed by atoms with Gasteiger partial charge in [0, 0.05) is 16.5 Å². The molecule has 0 unspecified atom stereocenters. The van der Waals surface area contributed by atoms with Crippen LogP contribution in [0.4, 0.5) is 19.1 Å². The highest BCUT2D eigenvalue weighted by Gasteiger charge is 2.30. The summed E-state index contributed by atoms with van der Waals surface area (Å²) < 4.78 is 44.7. The van der Waals surface area contributed by atoms with Crippen LogP contribution >= 0.6 is 11.3 Å². The minimum Gasteiger partial charge on any atom is -0.497 e. The Kier molecular flexibility index (Phi) is 4.71. The summed E-state index contributed by atoms with van der Waals surface area (Å²) in [5.74, 6) is 0.197. The van der Waals surface area contributed by atoms with Crippen molar-refractivity contribution in [3.05, 3.63) is 65.0 Å².